The molecule has 2 aliphatic heterocycles. The van der Waals surface area contributed by atoms with Gasteiger partial charge in [-0.15, -0.1) is 0 Å². The van der Waals surface area contributed by atoms with E-state index in [1.807, 2.05) is 47.4 Å². The number of ether oxygens (including phenoxy) is 1. The number of fused-ring (bicyclic) bond motifs is 1. The molecule has 1 fully saturated rings. The number of unbranched alkanes of at least 4 members (excludes halogenated alkanes) is 1. The van der Waals surface area contributed by atoms with Crippen LogP contribution in [0.4, 0.5) is 5.69 Å². The van der Waals surface area contributed by atoms with E-state index in [0.717, 1.165) is 53.6 Å². The Labute approximate surface area is 236 Å². The molecule has 3 atom stereocenters. The highest BCUT2D eigenvalue weighted by Gasteiger charge is 2.47. The van der Waals surface area contributed by atoms with E-state index in [2.05, 4.69) is 11.6 Å². The van der Waals surface area contributed by atoms with Crippen molar-refractivity contribution >= 4 is 27.6 Å². The van der Waals surface area contributed by atoms with Gasteiger partial charge in [0.15, 0.2) is 0 Å². The van der Waals surface area contributed by atoms with Gasteiger partial charge in [0.1, 0.15) is 5.75 Å². The Balaban J connectivity index is 1.63. The third kappa shape index (κ3) is 7.20. The first-order valence-corrected chi connectivity index (χ1v) is 15.8. The number of hydrogen-bond acceptors (Lipinski definition) is 7. The summed E-state index contributed by atoms with van der Waals surface area (Å²) >= 11 is 0. The topological polar surface area (TPSA) is 142 Å². The van der Waals surface area contributed by atoms with E-state index in [9.17, 15) is 23.1 Å². The SMILES string of the molecule is CCCCN(C(=O)CN1C[C@H](c2ccc3c(c2)CCO3)[C@@H](C(=O)O)[C@@H]1CCNS(C)(=O)=O)c1cccc(CN)c1. The van der Waals surface area contributed by atoms with E-state index < -0.39 is 28.0 Å². The second-order valence-electron chi connectivity index (χ2n) is 10.7. The van der Waals surface area contributed by atoms with Crippen molar-refractivity contribution in [2.45, 2.75) is 51.1 Å². The lowest BCUT2D eigenvalue weighted by Gasteiger charge is -2.30. The predicted octanol–water partition coefficient (Wildman–Crippen LogP) is 2.32. The van der Waals surface area contributed by atoms with Crippen molar-refractivity contribution in [2.24, 2.45) is 11.7 Å². The molecule has 0 aromatic heterocycles. The normalized spacial score (nSPS) is 20.7. The van der Waals surface area contributed by atoms with Gasteiger partial charge >= 0.3 is 5.97 Å². The van der Waals surface area contributed by atoms with Gasteiger partial charge in [-0.1, -0.05) is 37.6 Å². The number of amides is 1. The molecule has 11 heteroatoms. The molecule has 0 aliphatic carbocycles. The van der Waals surface area contributed by atoms with Crippen LogP contribution in [0.15, 0.2) is 42.5 Å². The van der Waals surface area contributed by atoms with Crippen LogP contribution in [0, 0.1) is 5.92 Å². The lowest BCUT2D eigenvalue weighted by Crippen LogP contribution is -2.45. The molecular weight excluding hydrogens is 532 g/mol. The van der Waals surface area contributed by atoms with Crippen LogP contribution in [0.5, 0.6) is 5.75 Å². The third-order valence-electron chi connectivity index (χ3n) is 7.81. The maximum atomic E-state index is 13.8. The Kier molecular flexibility index (Phi) is 9.83. The number of benzene rings is 2. The highest BCUT2D eigenvalue weighted by atomic mass is 32.2. The third-order valence-corrected chi connectivity index (χ3v) is 8.54. The molecular formula is C29H40N4O6S. The van der Waals surface area contributed by atoms with Crippen LogP contribution < -0.4 is 20.1 Å². The minimum atomic E-state index is -3.45. The number of carboxylic acids is 1. The second kappa shape index (κ2) is 13.1. The van der Waals surface area contributed by atoms with Crippen LogP contribution in [0.1, 0.15) is 48.8 Å². The molecule has 4 rings (SSSR count). The van der Waals surface area contributed by atoms with Gasteiger partial charge in [-0.2, -0.15) is 0 Å². The number of hydrogen-bond donors (Lipinski definition) is 3. The number of nitrogens with two attached hydrogens (primary N) is 1. The smallest absolute Gasteiger partial charge is 0.308 e. The zero-order valence-electron chi connectivity index (χ0n) is 23.2. The minimum Gasteiger partial charge on any atom is -0.493 e. The molecule has 218 valence electrons. The number of carbonyl (C=O) groups is 2. The summed E-state index contributed by atoms with van der Waals surface area (Å²) in [6.45, 7) is 4.04. The molecule has 0 unspecified atom stereocenters. The van der Waals surface area contributed by atoms with Crippen molar-refractivity contribution < 1.29 is 27.9 Å². The largest absolute Gasteiger partial charge is 0.493 e. The Bertz CT molecular complexity index is 1320. The lowest BCUT2D eigenvalue weighted by atomic mass is 9.83. The summed E-state index contributed by atoms with van der Waals surface area (Å²) in [4.78, 5) is 30.2. The summed E-state index contributed by atoms with van der Waals surface area (Å²) in [7, 11) is -3.45. The second-order valence-corrected chi connectivity index (χ2v) is 12.5. The molecule has 2 aromatic rings. The average Bonchev–Trinajstić information content (AvgIpc) is 3.52. The number of carboxylic acid groups (broad SMARTS) is 1. The summed E-state index contributed by atoms with van der Waals surface area (Å²) in [5, 5.41) is 10.4. The number of likely N-dealkylation sites (tertiary alicyclic amines) is 1. The van der Waals surface area contributed by atoms with Crippen LogP contribution >= 0.6 is 0 Å². The average molecular weight is 573 g/mol. The van der Waals surface area contributed by atoms with E-state index in [0.29, 0.717) is 26.2 Å². The van der Waals surface area contributed by atoms with E-state index in [-0.39, 0.29) is 31.3 Å². The van der Waals surface area contributed by atoms with Crippen molar-refractivity contribution in [1.29, 1.82) is 0 Å². The molecule has 0 bridgehead atoms. The van der Waals surface area contributed by atoms with E-state index in [1.165, 1.54) is 0 Å². The molecule has 1 saturated heterocycles. The highest BCUT2D eigenvalue weighted by Crippen LogP contribution is 2.41. The molecule has 40 heavy (non-hydrogen) atoms. The Hall–Kier alpha value is -2.99. The van der Waals surface area contributed by atoms with E-state index in [1.54, 1.807) is 4.90 Å². The van der Waals surface area contributed by atoms with Crippen LogP contribution in [0.3, 0.4) is 0 Å². The van der Waals surface area contributed by atoms with Crippen molar-refractivity contribution in [1.82, 2.24) is 9.62 Å². The summed E-state index contributed by atoms with van der Waals surface area (Å²) in [6.07, 6.45) is 3.84. The highest BCUT2D eigenvalue weighted by molar-refractivity contribution is 7.88. The van der Waals surface area contributed by atoms with Crippen LogP contribution in [0.2, 0.25) is 0 Å². The number of rotatable bonds is 13. The van der Waals surface area contributed by atoms with Gasteiger partial charge in [0, 0.05) is 50.2 Å². The molecule has 0 radical (unpaired) electrons. The van der Waals surface area contributed by atoms with Crippen molar-refractivity contribution in [3.05, 3.63) is 59.2 Å². The zero-order valence-corrected chi connectivity index (χ0v) is 24.0. The fourth-order valence-corrected chi connectivity index (χ4v) is 6.33. The maximum absolute atomic E-state index is 13.8. The minimum absolute atomic E-state index is 0.0223. The van der Waals surface area contributed by atoms with Gasteiger partial charge in [-0.25, -0.2) is 13.1 Å². The van der Waals surface area contributed by atoms with Gasteiger partial charge in [0.05, 0.1) is 25.3 Å². The standard InChI is InChI=1S/C29H40N4O6S/c1-3-4-13-33(23-7-5-6-20(15-23)17-30)27(34)19-32-18-24(21-8-9-26-22(16-21)11-14-39-26)28(29(35)36)25(32)10-12-31-40(2,37)38/h5-9,15-16,24-25,28,31H,3-4,10-14,17-19,30H2,1-2H3,(H,35,36)/t24-,25+,28-/m1/s1. The number of sulfonamides is 1. The first-order chi connectivity index (χ1) is 19.1. The summed E-state index contributed by atoms with van der Waals surface area (Å²) in [6, 6.07) is 12.9. The molecule has 2 heterocycles. The maximum Gasteiger partial charge on any atom is 0.308 e. The monoisotopic (exact) mass is 572 g/mol. The summed E-state index contributed by atoms with van der Waals surface area (Å²) in [5.41, 5.74) is 9.48. The quantitative estimate of drug-likeness (QED) is 0.332. The zero-order chi connectivity index (χ0) is 28.9. The number of anilines is 1. The molecule has 0 spiro atoms. The summed E-state index contributed by atoms with van der Waals surface area (Å²) in [5.74, 6) is -1.43. The van der Waals surface area contributed by atoms with Crippen molar-refractivity contribution in [3.63, 3.8) is 0 Å². The van der Waals surface area contributed by atoms with Crippen molar-refractivity contribution in [3.8, 4) is 5.75 Å². The number of nitrogens with zero attached hydrogens (tertiary/aromatic N) is 2. The molecule has 2 aromatic carbocycles. The van der Waals surface area contributed by atoms with Gasteiger partial charge in [-0.3, -0.25) is 14.5 Å². The van der Waals surface area contributed by atoms with Crippen LogP contribution in [0.25, 0.3) is 0 Å². The molecule has 10 nitrogen and oxygen atoms in total. The summed E-state index contributed by atoms with van der Waals surface area (Å²) < 4.78 is 31.6. The van der Waals surface area contributed by atoms with Crippen LogP contribution in [-0.4, -0.2) is 75.4 Å². The van der Waals surface area contributed by atoms with Gasteiger partial charge in [-0.05, 0) is 47.7 Å². The molecule has 2 aliphatic rings. The number of carbonyl (C=O) groups excluding carboxylic acids is 1. The molecule has 0 saturated carbocycles. The molecule has 1 amide bonds. The van der Waals surface area contributed by atoms with E-state index in [4.69, 9.17) is 10.5 Å². The van der Waals surface area contributed by atoms with E-state index >= 15 is 0 Å². The van der Waals surface area contributed by atoms with Gasteiger partial charge < -0.3 is 20.5 Å². The Morgan fingerprint density at radius 2 is 2.02 bits per heavy atom. The van der Waals surface area contributed by atoms with Crippen molar-refractivity contribution in [2.75, 3.05) is 43.9 Å². The van der Waals surface area contributed by atoms with Gasteiger partial charge in [0.25, 0.3) is 0 Å². The fraction of sp³-hybridized carbons (Fsp3) is 0.517. The fourth-order valence-electron chi connectivity index (χ4n) is 5.84. The first kappa shape index (κ1) is 30.0. The number of nitrogens with one attached hydrogen (secondary N) is 1. The van der Waals surface area contributed by atoms with Crippen LogP contribution in [-0.2, 0) is 32.6 Å². The Morgan fingerprint density at radius 3 is 2.73 bits per heavy atom. The van der Waals surface area contributed by atoms with Gasteiger partial charge in [0.2, 0.25) is 15.9 Å². The Morgan fingerprint density at radius 1 is 1.23 bits per heavy atom. The number of aliphatic carboxylic acids is 1. The predicted molar refractivity (Wildman–Crippen MR) is 154 cm³/mol. The lowest BCUT2D eigenvalue weighted by molar-refractivity contribution is -0.143. The first-order valence-electron chi connectivity index (χ1n) is 13.9. The molecule has 4 N–H and O–H groups in total.